The summed E-state index contributed by atoms with van der Waals surface area (Å²) in [5.41, 5.74) is 0.408. The van der Waals surface area contributed by atoms with E-state index in [1.165, 1.54) is 0 Å². The lowest BCUT2D eigenvalue weighted by Crippen LogP contribution is -2.41. The van der Waals surface area contributed by atoms with Gasteiger partial charge in [0.1, 0.15) is 5.54 Å². The van der Waals surface area contributed by atoms with Crippen molar-refractivity contribution >= 4 is 11.6 Å². The van der Waals surface area contributed by atoms with E-state index in [1.54, 1.807) is 0 Å². The highest BCUT2D eigenvalue weighted by atomic mass is 35.5. The standard InChI is InChI=1S/C13H21ClN4/c1-4-7-16-13(3,10-15)6-5-8-18-9-12(14)11(2)17-18/h9,16H,4-8H2,1-3H3. The molecule has 0 fully saturated rings. The summed E-state index contributed by atoms with van der Waals surface area (Å²) in [6.45, 7) is 7.60. The second-order valence-corrected chi connectivity index (χ2v) is 5.21. The molecule has 1 aromatic heterocycles. The van der Waals surface area contributed by atoms with Crippen LogP contribution in [0.4, 0.5) is 0 Å². The third kappa shape index (κ3) is 4.32. The lowest BCUT2D eigenvalue weighted by Gasteiger charge is -2.22. The van der Waals surface area contributed by atoms with E-state index < -0.39 is 5.54 Å². The number of aryl methyl sites for hydroxylation is 2. The van der Waals surface area contributed by atoms with Crippen molar-refractivity contribution in [3.8, 4) is 6.07 Å². The average molecular weight is 269 g/mol. The van der Waals surface area contributed by atoms with Gasteiger partial charge in [0, 0.05) is 12.7 Å². The molecule has 4 nitrogen and oxygen atoms in total. The SMILES string of the molecule is CCCNC(C)(C#N)CCCn1cc(Cl)c(C)n1. The van der Waals surface area contributed by atoms with Crippen molar-refractivity contribution in [3.63, 3.8) is 0 Å². The molecule has 1 aromatic rings. The first-order valence-corrected chi connectivity index (χ1v) is 6.74. The van der Waals surface area contributed by atoms with Crippen LogP contribution < -0.4 is 5.32 Å². The smallest absolute Gasteiger partial charge is 0.103 e. The fourth-order valence-corrected chi connectivity index (χ4v) is 1.94. The Kier molecular flexibility index (Phi) is 5.64. The normalized spacial score (nSPS) is 14.2. The van der Waals surface area contributed by atoms with Gasteiger partial charge in [-0.3, -0.25) is 10.00 Å². The van der Waals surface area contributed by atoms with Gasteiger partial charge in [0.15, 0.2) is 0 Å². The van der Waals surface area contributed by atoms with Crippen LogP contribution in [0.15, 0.2) is 6.20 Å². The number of nitrogens with zero attached hydrogens (tertiary/aromatic N) is 3. The maximum Gasteiger partial charge on any atom is 0.103 e. The average Bonchev–Trinajstić information content (AvgIpc) is 2.66. The first-order valence-electron chi connectivity index (χ1n) is 6.36. The highest BCUT2D eigenvalue weighted by Gasteiger charge is 2.21. The van der Waals surface area contributed by atoms with Crippen LogP contribution in [-0.4, -0.2) is 21.9 Å². The van der Waals surface area contributed by atoms with Crippen LogP contribution in [-0.2, 0) is 6.54 Å². The Morgan fingerprint density at radius 1 is 1.61 bits per heavy atom. The first kappa shape index (κ1) is 15.0. The van der Waals surface area contributed by atoms with Crippen molar-refractivity contribution in [3.05, 3.63) is 16.9 Å². The van der Waals surface area contributed by atoms with Crippen molar-refractivity contribution in [2.45, 2.75) is 52.1 Å². The van der Waals surface area contributed by atoms with Crippen molar-refractivity contribution in [1.29, 1.82) is 5.26 Å². The van der Waals surface area contributed by atoms with Gasteiger partial charge in [-0.15, -0.1) is 0 Å². The van der Waals surface area contributed by atoms with E-state index in [9.17, 15) is 5.26 Å². The zero-order valence-corrected chi connectivity index (χ0v) is 12.1. The zero-order valence-electron chi connectivity index (χ0n) is 11.3. The molecule has 0 aromatic carbocycles. The molecule has 0 bridgehead atoms. The molecular weight excluding hydrogens is 248 g/mol. The van der Waals surface area contributed by atoms with E-state index in [4.69, 9.17) is 11.6 Å². The number of hydrogen-bond donors (Lipinski definition) is 1. The zero-order chi connectivity index (χ0) is 13.6. The summed E-state index contributed by atoms with van der Waals surface area (Å²) in [6.07, 6.45) is 4.57. The number of rotatable bonds is 7. The maximum absolute atomic E-state index is 9.20. The Morgan fingerprint density at radius 2 is 2.33 bits per heavy atom. The molecule has 0 aliphatic carbocycles. The Bertz CT molecular complexity index is 402. The molecule has 0 radical (unpaired) electrons. The topological polar surface area (TPSA) is 53.6 Å². The van der Waals surface area contributed by atoms with E-state index in [1.807, 2.05) is 24.7 Å². The molecule has 1 unspecified atom stereocenters. The summed E-state index contributed by atoms with van der Waals surface area (Å²) in [5, 5.41) is 17.5. The van der Waals surface area contributed by atoms with E-state index in [0.29, 0.717) is 5.02 Å². The van der Waals surface area contributed by atoms with Crippen molar-refractivity contribution in [1.82, 2.24) is 15.1 Å². The lowest BCUT2D eigenvalue weighted by molar-refractivity contribution is 0.389. The van der Waals surface area contributed by atoms with Crippen LogP contribution in [0, 0.1) is 18.3 Å². The highest BCUT2D eigenvalue weighted by Crippen LogP contribution is 2.15. The van der Waals surface area contributed by atoms with Gasteiger partial charge in [-0.1, -0.05) is 18.5 Å². The Hall–Kier alpha value is -1.05. The molecule has 1 rings (SSSR count). The Morgan fingerprint density at radius 3 is 2.83 bits per heavy atom. The number of halogens is 1. The van der Waals surface area contributed by atoms with Crippen LogP contribution in [0.5, 0.6) is 0 Å². The molecule has 0 aliphatic rings. The molecule has 0 saturated heterocycles. The lowest BCUT2D eigenvalue weighted by atomic mass is 9.97. The summed E-state index contributed by atoms with van der Waals surface area (Å²) in [7, 11) is 0. The molecule has 0 aliphatic heterocycles. The van der Waals surface area contributed by atoms with E-state index in [-0.39, 0.29) is 0 Å². The van der Waals surface area contributed by atoms with Crippen molar-refractivity contribution in [2.24, 2.45) is 0 Å². The molecule has 5 heteroatoms. The van der Waals surface area contributed by atoms with Gasteiger partial charge in [0.25, 0.3) is 0 Å². The molecule has 1 N–H and O–H groups in total. The van der Waals surface area contributed by atoms with Crippen LogP contribution in [0.1, 0.15) is 38.8 Å². The molecule has 18 heavy (non-hydrogen) atoms. The summed E-state index contributed by atoms with van der Waals surface area (Å²) in [6, 6.07) is 2.35. The quantitative estimate of drug-likeness (QED) is 0.827. The minimum Gasteiger partial charge on any atom is -0.300 e. The van der Waals surface area contributed by atoms with Gasteiger partial charge in [-0.25, -0.2) is 0 Å². The number of nitrogens with one attached hydrogen (secondary N) is 1. The Balaban J connectivity index is 2.42. The van der Waals surface area contributed by atoms with Crippen LogP contribution in [0.2, 0.25) is 5.02 Å². The second kappa shape index (κ2) is 6.77. The third-order valence-electron chi connectivity index (χ3n) is 2.96. The molecular formula is C13H21ClN4. The van der Waals surface area contributed by atoms with Gasteiger partial charge < -0.3 is 0 Å². The molecule has 0 amide bonds. The predicted octanol–water partition coefficient (Wildman–Crippen LogP) is 2.91. The van der Waals surface area contributed by atoms with E-state index in [0.717, 1.165) is 38.0 Å². The van der Waals surface area contributed by atoms with Crippen LogP contribution in [0.3, 0.4) is 0 Å². The summed E-state index contributed by atoms with van der Waals surface area (Å²) in [5.74, 6) is 0. The summed E-state index contributed by atoms with van der Waals surface area (Å²) < 4.78 is 1.84. The first-order chi connectivity index (χ1) is 8.50. The number of aromatic nitrogens is 2. The van der Waals surface area contributed by atoms with Gasteiger partial charge in [-0.2, -0.15) is 10.4 Å². The van der Waals surface area contributed by atoms with E-state index in [2.05, 4.69) is 23.4 Å². The fraction of sp³-hybridized carbons (Fsp3) is 0.692. The molecule has 1 heterocycles. The highest BCUT2D eigenvalue weighted by molar-refractivity contribution is 6.31. The largest absolute Gasteiger partial charge is 0.300 e. The van der Waals surface area contributed by atoms with Crippen molar-refractivity contribution in [2.75, 3.05) is 6.54 Å². The summed E-state index contributed by atoms with van der Waals surface area (Å²) >= 11 is 5.95. The molecule has 0 saturated carbocycles. The monoisotopic (exact) mass is 268 g/mol. The Labute approximate surface area is 114 Å². The van der Waals surface area contributed by atoms with E-state index >= 15 is 0 Å². The minimum atomic E-state index is -0.442. The predicted molar refractivity (Wildman–Crippen MR) is 73.5 cm³/mol. The van der Waals surface area contributed by atoms with Gasteiger partial charge in [0.2, 0.25) is 0 Å². The molecule has 100 valence electrons. The van der Waals surface area contributed by atoms with Crippen molar-refractivity contribution < 1.29 is 0 Å². The van der Waals surface area contributed by atoms with Gasteiger partial charge in [0.05, 0.1) is 16.8 Å². The number of hydrogen-bond acceptors (Lipinski definition) is 3. The molecule has 1 atom stereocenters. The van der Waals surface area contributed by atoms with Gasteiger partial charge >= 0.3 is 0 Å². The maximum atomic E-state index is 9.20. The van der Waals surface area contributed by atoms with Crippen LogP contribution in [0.25, 0.3) is 0 Å². The van der Waals surface area contributed by atoms with Gasteiger partial charge in [-0.05, 0) is 39.7 Å². The van der Waals surface area contributed by atoms with Crippen LogP contribution >= 0.6 is 11.6 Å². The minimum absolute atomic E-state index is 0.442. The summed E-state index contributed by atoms with van der Waals surface area (Å²) in [4.78, 5) is 0. The number of nitriles is 1. The third-order valence-corrected chi connectivity index (χ3v) is 3.33. The molecule has 0 spiro atoms. The fourth-order valence-electron chi connectivity index (χ4n) is 1.79. The second-order valence-electron chi connectivity index (χ2n) is 4.80.